The van der Waals surface area contributed by atoms with Crippen LogP contribution >= 0.6 is 0 Å². The van der Waals surface area contributed by atoms with Crippen LogP contribution in [0.3, 0.4) is 0 Å². The predicted molar refractivity (Wildman–Crippen MR) is 170 cm³/mol. The van der Waals surface area contributed by atoms with Crippen molar-refractivity contribution in [1.82, 2.24) is 5.32 Å². The molecule has 0 saturated heterocycles. The van der Waals surface area contributed by atoms with Crippen LogP contribution in [0.2, 0.25) is 0 Å². The largest absolute Gasteiger partial charge is 0.481 e. The molecule has 236 valence electrons. The van der Waals surface area contributed by atoms with E-state index in [1.807, 2.05) is 33.8 Å². The number of hydrogen-bond acceptors (Lipinski definition) is 6. The molecule has 3 aliphatic rings. The van der Waals surface area contributed by atoms with E-state index in [-0.39, 0.29) is 41.4 Å². The standard InChI is InChI=1S/C16H27NO3.C11H18O2.C7H10N2/c1-16(2,3)9-15(20)17-10-14(19)8-12-5-4-6-13(7-12)11-18;1-2-3-4-5-6-7-9-8-10(9)11(12)13;1-3-6-4-5(2)7(8)9-6/h11-13H,4-10H2,1-3H3,(H,17,20);6-7,9-10H,2-5,8H2,1H3,(H,12,13);3-5H,1H2,2H3,(H2,8,9)/b;7-6-;/t12?,13-;9-,10+;/m11./s1. The number of unbranched alkanes of at least 4 members (excludes halogenated alkanes) is 3. The molecule has 1 heterocycles. The molecular formula is C34H55N3O5. The van der Waals surface area contributed by atoms with Gasteiger partial charge in [0.1, 0.15) is 12.1 Å². The average molecular weight is 586 g/mol. The van der Waals surface area contributed by atoms with E-state index in [9.17, 15) is 19.2 Å². The molecule has 2 unspecified atom stereocenters. The Labute approximate surface area is 253 Å². The van der Waals surface area contributed by atoms with Gasteiger partial charge in [0, 0.05) is 24.7 Å². The Hall–Kier alpha value is -3.03. The SMILES string of the molecule is C=CC1=CC(C)C(N)=N1.CC(C)(C)CC(=O)NCC(=O)CC1CCC[C@@H](C=O)C1.CCCCC/C=C\[C@@H]1C[C@@H]1C(=O)O. The topological polar surface area (TPSA) is 139 Å². The fourth-order valence-corrected chi connectivity index (χ4v) is 5.01. The number of carboxylic acid groups (broad SMARTS) is 1. The molecule has 8 heteroatoms. The van der Waals surface area contributed by atoms with E-state index >= 15 is 0 Å². The number of carbonyl (C=O) groups is 4. The van der Waals surface area contributed by atoms with Crippen molar-refractivity contribution in [3.05, 3.63) is 36.6 Å². The van der Waals surface area contributed by atoms with E-state index in [2.05, 4.69) is 36.0 Å². The smallest absolute Gasteiger partial charge is 0.307 e. The second-order valence-electron chi connectivity index (χ2n) is 13.1. The fraction of sp³-hybridized carbons (Fsp3) is 0.676. The molecule has 5 atom stereocenters. The summed E-state index contributed by atoms with van der Waals surface area (Å²) in [5.74, 6) is 1.03. The average Bonchev–Trinajstić information content (AvgIpc) is 3.64. The van der Waals surface area contributed by atoms with Crippen LogP contribution in [-0.2, 0) is 19.2 Å². The highest BCUT2D eigenvalue weighted by molar-refractivity contribution is 5.88. The third-order valence-electron chi connectivity index (χ3n) is 7.58. The Morgan fingerprint density at radius 1 is 1.19 bits per heavy atom. The number of carbonyl (C=O) groups excluding carboxylic acids is 3. The van der Waals surface area contributed by atoms with Crippen molar-refractivity contribution >= 4 is 29.8 Å². The molecule has 3 rings (SSSR count). The van der Waals surface area contributed by atoms with Crippen molar-refractivity contribution in [3.8, 4) is 0 Å². The number of nitrogens with zero attached hydrogens (tertiary/aromatic N) is 1. The van der Waals surface area contributed by atoms with E-state index in [0.717, 1.165) is 50.5 Å². The van der Waals surface area contributed by atoms with Crippen molar-refractivity contribution in [2.45, 2.75) is 105 Å². The van der Waals surface area contributed by atoms with Crippen LogP contribution in [0.25, 0.3) is 0 Å². The molecule has 1 amide bonds. The maximum absolute atomic E-state index is 11.9. The van der Waals surface area contributed by atoms with E-state index in [1.54, 1.807) is 6.08 Å². The van der Waals surface area contributed by atoms with E-state index in [1.165, 1.54) is 19.3 Å². The quantitative estimate of drug-likeness (QED) is 0.130. The lowest BCUT2D eigenvalue weighted by atomic mass is 9.80. The molecule has 42 heavy (non-hydrogen) atoms. The van der Waals surface area contributed by atoms with Gasteiger partial charge in [0.2, 0.25) is 5.91 Å². The molecule has 0 aromatic rings. The Morgan fingerprint density at radius 2 is 1.90 bits per heavy atom. The van der Waals surface area contributed by atoms with Gasteiger partial charge >= 0.3 is 5.97 Å². The van der Waals surface area contributed by atoms with E-state index in [4.69, 9.17) is 10.8 Å². The summed E-state index contributed by atoms with van der Waals surface area (Å²) in [4.78, 5) is 48.8. The lowest BCUT2D eigenvalue weighted by Gasteiger charge is -2.25. The van der Waals surface area contributed by atoms with Crippen LogP contribution in [0.15, 0.2) is 41.6 Å². The van der Waals surface area contributed by atoms with Gasteiger partial charge in [-0.15, -0.1) is 0 Å². The molecule has 0 spiro atoms. The zero-order valence-electron chi connectivity index (χ0n) is 26.6. The number of hydrogen-bond donors (Lipinski definition) is 3. The lowest BCUT2D eigenvalue weighted by Crippen LogP contribution is -2.33. The first kappa shape index (κ1) is 37.0. The van der Waals surface area contributed by atoms with Crippen LogP contribution in [0.4, 0.5) is 0 Å². The molecule has 8 nitrogen and oxygen atoms in total. The number of allylic oxidation sites excluding steroid dienone is 3. The summed E-state index contributed by atoms with van der Waals surface area (Å²) in [6.07, 6.45) is 19.4. The number of aliphatic imine (C=N–C) groups is 1. The van der Waals surface area contributed by atoms with Gasteiger partial charge in [0.25, 0.3) is 0 Å². The Morgan fingerprint density at radius 3 is 2.40 bits per heavy atom. The minimum atomic E-state index is -0.636. The number of ketones is 1. The van der Waals surface area contributed by atoms with Crippen LogP contribution in [0, 0.1) is 35.0 Å². The van der Waals surface area contributed by atoms with Gasteiger partial charge < -0.3 is 21.0 Å². The Bertz CT molecular complexity index is 992. The van der Waals surface area contributed by atoms with Gasteiger partial charge in [0.15, 0.2) is 5.78 Å². The minimum absolute atomic E-state index is 0.0618. The first-order valence-electron chi connectivity index (χ1n) is 15.6. The number of amides is 1. The van der Waals surface area contributed by atoms with Crippen molar-refractivity contribution in [3.63, 3.8) is 0 Å². The first-order chi connectivity index (χ1) is 19.8. The number of rotatable bonds is 13. The van der Waals surface area contributed by atoms with Crippen molar-refractivity contribution in [2.24, 2.45) is 45.7 Å². The summed E-state index contributed by atoms with van der Waals surface area (Å²) in [5.41, 5.74) is 6.32. The summed E-state index contributed by atoms with van der Waals surface area (Å²) in [5, 5.41) is 11.3. The molecule has 4 N–H and O–H groups in total. The van der Waals surface area contributed by atoms with E-state index in [0.29, 0.717) is 30.5 Å². The molecule has 0 aromatic carbocycles. The monoisotopic (exact) mass is 585 g/mol. The van der Waals surface area contributed by atoms with Crippen molar-refractivity contribution < 1.29 is 24.3 Å². The number of Topliss-reactive ketones (excluding diaryl/α,β-unsaturated/α-hetero) is 1. The van der Waals surface area contributed by atoms with E-state index < -0.39 is 5.97 Å². The Kier molecular flexibility index (Phi) is 16.9. The summed E-state index contributed by atoms with van der Waals surface area (Å²) in [7, 11) is 0. The third-order valence-corrected chi connectivity index (χ3v) is 7.58. The zero-order chi connectivity index (χ0) is 31.7. The highest BCUT2D eigenvalue weighted by Gasteiger charge is 2.40. The maximum atomic E-state index is 11.9. The van der Waals surface area contributed by atoms with Crippen molar-refractivity contribution in [2.75, 3.05) is 6.54 Å². The van der Waals surface area contributed by atoms with Crippen molar-refractivity contribution in [1.29, 1.82) is 0 Å². The fourth-order valence-electron chi connectivity index (χ4n) is 5.01. The number of aliphatic carboxylic acids is 1. The second-order valence-corrected chi connectivity index (χ2v) is 13.1. The van der Waals surface area contributed by atoms with Gasteiger partial charge in [-0.2, -0.15) is 0 Å². The minimum Gasteiger partial charge on any atom is -0.481 e. The van der Waals surface area contributed by atoms with Crippen LogP contribution in [0.5, 0.6) is 0 Å². The van der Waals surface area contributed by atoms with Gasteiger partial charge in [-0.3, -0.25) is 14.4 Å². The molecule has 2 fully saturated rings. The molecule has 1 aliphatic heterocycles. The predicted octanol–water partition coefficient (Wildman–Crippen LogP) is 6.41. The highest BCUT2D eigenvalue weighted by atomic mass is 16.4. The van der Waals surface area contributed by atoms with Crippen LogP contribution in [0.1, 0.15) is 105 Å². The molecule has 2 aliphatic carbocycles. The number of amidine groups is 1. The molecular weight excluding hydrogens is 530 g/mol. The molecule has 0 aromatic heterocycles. The number of aldehydes is 1. The third kappa shape index (κ3) is 16.4. The second kappa shape index (κ2) is 19.2. The first-order valence-corrected chi connectivity index (χ1v) is 15.6. The molecule has 0 bridgehead atoms. The summed E-state index contributed by atoms with van der Waals surface area (Å²) in [6, 6.07) is 0. The summed E-state index contributed by atoms with van der Waals surface area (Å²) < 4.78 is 0. The van der Waals surface area contributed by atoms with Gasteiger partial charge in [-0.05, 0) is 67.9 Å². The number of nitrogens with two attached hydrogens (primary N) is 1. The van der Waals surface area contributed by atoms with Gasteiger partial charge in [0.05, 0.1) is 18.2 Å². The van der Waals surface area contributed by atoms with Crippen LogP contribution < -0.4 is 11.1 Å². The summed E-state index contributed by atoms with van der Waals surface area (Å²) in [6.45, 7) is 13.9. The van der Waals surface area contributed by atoms with Gasteiger partial charge in [-0.1, -0.05) is 72.6 Å². The zero-order valence-corrected chi connectivity index (χ0v) is 26.6. The maximum Gasteiger partial charge on any atom is 0.307 e. The number of carboxylic acids is 1. The Balaban J connectivity index is 0.000000342. The van der Waals surface area contributed by atoms with Gasteiger partial charge in [-0.25, -0.2) is 4.99 Å². The molecule has 0 radical (unpaired) electrons. The lowest BCUT2D eigenvalue weighted by molar-refractivity contribution is -0.138. The molecule has 2 saturated carbocycles. The highest BCUT2D eigenvalue weighted by Crippen LogP contribution is 2.39. The number of nitrogens with one attached hydrogen (secondary N) is 1. The normalized spacial score (nSPS) is 24.6. The van der Waals surface area contributed by atoms with Crippen LogP contribution in [-0.4, -0.2) is 41.4 Å². The summed E-state index contributed by atoms with van der Waals surface area (Å²) >= 11 is 0.